The van der Waals surface area contributed by atoms with Crippen LogP contribution in [0.3, 0.4) is 0 Å². The summed E-state index contributed by atoms with van der Waals surface area (Å²) >= 11 is 0. The molecule has 3 aromatic rings. The molecule has 5 nitrogen and oxygen atoms in total. The molecule has 0 bridgehead atoms. The largest absolute Gasteiger partial charge is 0.339 e. The highest BCUT2D eigenvalue weighted by Crippen LogP contribution is 2.34. The van der Waals surface area contributed by atoms with Crippen LogP contribution in [0.2, 0.25) is 0 Å². The predicted octanol–water partition coefficient (Wildman–Crippen LogP) is 3.23. The lowest BCUT2D eigenvalue weighted by molar-refractivity contribution is -0.135. The van der Waals surface area contributed by atoms with Crippen molar-refractivity contribution in [2.45, 2.75) is 18.9 Å². The number of hydrogen-bond donors (Lipinski definition) is 0. The number of carbonyl (C=O) groups excluding carboxylic acids is 1. The summed E-state index contributed by atoms with van der Waals surface area (Å²) in [6, 6.07) is 14.8. The summed E-state index contributed by atoms with van der Waals surface area (Å²) in [6.45, 7) is 2.45. The second-order valence-electron chi connectivity index (χ2n) is 7.76. The summed E-state index contributed by atoms with van der Waals surface area (Å²) in [6.07, 6.45) is 6.15. The van der Waals surface area contributed by atoms with Crippen LogP contribution in [0.15, 0.2) is 55.0 Å². The molecule has 1 aromatic carbocycles. The third-order valence-electron chi connectivity index (χ3n) is 5.87. The van der Waals surface area contributed by atoms with Crippen molar-refractivity contribution < 1.29 is 4.79 Å². The topological polar surface area (TPSA) is 40.8 Å². The van der Waals surface area contributed by atoms with E-state index >= 15 is 0 Å². The highest BCUT2D eigenvalue weighted by Gasteiger charge is 2.37. The molecule has 5 rings (SSSR count). The molecule has 0 unspecified atom stereocenters. The van der Waals surface area contributed by atoms with Gasteiger partial charge in [0.25, 0.3) is 0 Å². The van der Waals surface area contributed by atoms with Crippen molar-refractivity contribution in [1.29, 1.82) is 0 Å². The molecule has 2 aliphatic rings. The minimum absolute atomic E-state index is 0.147. The summed E-state index contributed by atoms with van der Waals surface area (Å²) in [4.78, 5) is 21.6. The standard InChI is InChI=1S/C22H24N4O/c1-24-11-12-25(22(27)17-7-8-17)14-20(24)21-19-10-9-18(13-26(19)15-23-21)16-5-3-2-4-6-16/h2-6,9-10,13,15,17,20H,7-8,11-12,14H2,1H3/t20-/m1/s1. The summed E-state index contributed by atoms with van der Waals surface area (Å²) in [7, 11) is 2.13. The van der Waals surface area contributed by atoms with Gasteiger partial charge >= 0.3 is 0 Å². The number of benzene rings is 1. The van der Waals surface area contributed by atoms with Crippen LogP contribution in [0, 0.1) is 5.92 Å². The van der Waals surface area contributed by atoms with E-state index in [1.807, 2.05) is 17.3 Å². The molecule has 5 heteroatoms. The third-order valence-corrected chi connectivity index (χ3v) is 5.87. The monoisotopic (exact) mass is 360 g/mol. The summed E-state index contributed by atoms with van der Waals surface area (Å²) in [5.41, 5.74) is 4.55. The van der Waals surface area contributed by atoms with Crippen LogP contribution < -0.4 is 0 Å². The maximum atomic E-state index is 12.5. The van der Waals surface area contributed by atoms with E-state index in [4.69, 9.17) is 4.98 Å². The minimum Gasteiger partial charge on any atom is -0.339 e. The molecule has 3 heterocycles. The van der Waals surface area contributed by atoms with Crippen LogP contribution in [0.25, 0.3) is 16.6 Å². The first-order chi connectivity index (χ1) is 13.2. The molecule has 0 spiro atoms. The van der Waals surface area contributed by atoms with Gasteiger partial charge in [0.2, 0.25) is 5.91 Å². The van der Waals surface area contributed by atoms with Crippen molar-refractivity contribution in [2.24, 2.45) is 5.92 Å². The average Bonchev–Trinajstić information content (AvgIpc) is 3.48. The Morgan fingerprint density at radius 2 is 1.85 bits per heavy atom. The number of piperazine rings is 1. The number of amides is 1. The maximum absolute atomic E-state index is 12.5. The van der Waals surface area contributed by atoms with Crippen LogP contribution in [0.5, 0.6) is 0 Å². The number of likely N-dealkylation sites (N-methyl/N-ethyl adjacent to an activating group) is 1. The van der Waals surface area contributed by atoms with Crippen molar-refractivity contribution in [3.8, 4) is 11.1 Å². The van der Waals surface area contributed by atoms with Gasteiger partial charge in [-0.05, 0) is 37.1 Å². The molecule has 2 fully saturated rings. The van der Waals surface area contributed by atoms with Crippen LogP contribution in [0.1, 0.15) is 24.6 Å². The van der Waals surface area contributed by atoms with Crippen molar-refractivity contribution >= 4 is 11.4 Å². The first kappa shape index (κ1) is 16.5. The predicted molar refractivity (Wildman–Crippen MR) is 105 cm³/mol. The van der Waals surface area contributed by atoms with Gasteiger partial charge in [-0.25, -0.2) is 4.98 Å². The molecule has 1 aliphatic carbocycles. The van der Waals surface area contributed by atoms with Gasteiger partial charge in [-0.3, -0.25) is 9.69 Å². The van der Waals surface area contributed by atoms with E-state index in [9.17, 15) is 4.79 Å². The fourth-order valence-corrected chi connectivity index (χ4v) is 4.04. The molecule has 0 radical (unpaired) electrons. The van der Waals surface area contributed by atoms with E-state index in [1.54, 1.807) is 0 Å². The smallest absolute Gasteiger partial charge is 0.225 e. The van der Waals surface area contributed by atoms with Crippen LogP contribution in [-0.2, 0) is 4.79 Å². The first-order valence-electron chi connectivity index (χ1n) is 9.72. The fraction of sp³-hybridized carbons (Fsp3) is 0.364. The lowest BCUT2D eigenvalue weighted by Gasteiger charge is -2.39. The number of hydrogen-bond acceptors (Lipinski definition) is 3. The first-order valence-corrected chi connectivity index (χ1v) is 9.72. The number of pyridine rings is 1. The third kappa shape index (κ3) is 3.02. The van der Waals surface area contributed by atoms with E-state index in [1.165, 1.54) is 11.1 Å². The SMILES string of the molecule is CN1CCN(C(=O)C2CC2)C[C@@H]1c1ncn2cc(-c3ccccc3)ccc12. The summed E-state index contributed by atoms with van der Waals surface area (Å²) in [5.74, 6) is 0.615. The van der Waals surface area contributed by atoms with Gasteiger partial charge in [0.1, 0.15) is 0 Å². The minimum atomic E-state index is 0.147. The van der Waals surface area contributed by atoms with Crippen LogP contribution >= 0.6 is 0 Å². The molecule has 1 saturated heterocycles. The second-order valence-corrected chi connectivity index (χ2v) is 7.76. The normalized spacial score (nSPS) is 20.9. The maximum Gasteiger partial charge on any atom is 0.225 e. The van der Waals surface area contributed by atoms with Crippen molar-refractivity contribution in [3.63, 3.8) is 0 Å². The molecule has 1 atom stereocenters. The van der Waals surface area contributed by atoms with Gasteiger partial charge in [-0.15, -0.1) is 0 Å². The van der Waals surface area contributed by atoms with Crippen LogP contribution in [0.4, 0.5) is 0 Å². The number of aromatic nitrogens is 2. The molecule has 1 aliphatic heterocycles. The van der Waals surface area contributed by atoms with E-state index in [2.05, 4.69) is 58.9 Å². The Kier molecular flexibility index (Phi) is 3.97. The Labute approximate surface area is 159 Å². The second kappa shape index (κ2) is 6.50. The van der Waals surface area contributed by atoms with Crippen molar-refractivity contribution in [1.82, 2.24) is 19.2 Å². The average molecular weight is 360 g/mol. The Hall–Kier alpha value is -2.66. The molecule has 2 aromatic heterocycles. The Morgan fingerprint density at radius 3 is 2.63 bits per heavy atom. The zero-order valence-electron chi connectivity index (χ0n) is 15.6. The summed E-state index contributed by atoms with van der Waals surface area (Å²) in [5, 5.41) is 0. The van der Waals surface area contributed by atoms with Crippen molar-refractivity contribution in [3.05, 3.63) is 60.7 Å². The Balaban J connectivity index is 1.46. The molecular formula is C22H24N4O. The molecule has 27 heavy (non-hydrogen) atoms. The van der Waals surface area contributed by atoms with Gasteiger partial charge in [0, 0.05) is 31.7 Å². The fourth-order valence-electron chi connectivity index (χ4n) is 4.04. The van der Waals surface area contributed by atoms with E-state index in [0.29, 0.717) is 5.91 Å². The van der Waals surface area contributed by atoms with E-state index in [0.717, 1.165) is 43.7 Å². The highest BCUT2D eigenvalue weighted by atomic mass is 16.2. The van der Waals surface area contributed by atoms with Gasteiger partial charge in [-0.1, -0.05) is 36.4 Å². The van der Waals surface area contributed by atoms with Gasteiger partial charge in [0.15, 0.2) is 0 Å². The Bertz CT molecular complexity index is 976. The van der Waals surface area contributed by atoms with Gasteiger partial charge in [0.05, 0.1) is 23.6 Å². The number of imidazole rings is 1. The number of fused-ring (bicyclic) bond motifs is 1. The van der Waals surface area contributed by atoms with Gasteiger partial charge in [-0.2, -0.15) is 0 Å². The lowest BCUT2D eigenvalue weighted by Crippen LogP contribution is -2.49. The Morgan fingerprint density at radius 1 is 1.04 bits per heavy atom. The zero-order valence-corrected chi connectivity index (χ0v) is 15.6. The number of carbonyl (C=O) groups is 1. The van der Waals surface area contributed by atoms with Crippen LogP contribution in [-0.4, -0.2) is 51.8 Å². The quantitative estimate of drug-likeness (QED) is 0.720. The zero-order chi connectivity index (χ0) is 18.4. The van der Waals surface area contributed by atoms with E-state index in [-0.39, 0.29) is 12.0 Å². The number of rotatable bonds is 3. The van der Waals surface area contributed by atoms with Gasteiger partial charge < -0.3 is 9.30 Å². The lowest BCUT2D eigenvalue weighted by atomic mass is 10.1. The molecule has 0 N–H and O–H groups in total. The molecule has 138 valence electrons. The highest BCUT2D eigenvalue weighted by molar-refractivity contribution is 5.81. The van der Waals surface area contributed by atoms with E-state index < -0.39 is 0 Å². The number of nitrogens with zero attached hydrogens (tertiary/aromatic N) is 4. The van der Waals surface area contributed by atoms with Crippen molar-refractivity contribution in [2.75, 3.05) is 26.7 Å². The molecule has 1 amide bonds. The molecule has 1 saturated carbocycles. The summed E-state index contributed by atoms with van der Waals surface area (Å²) < 4.78 is 2.10. The molecular weight excluding hydrogens is 336 g/mol.